The minimum atomic E-state index is 0.0972. The van der Waals surface area contributed by atoms with Crippen LogP contribution in [0.2, 0.25) is 0 Å². The first-order valence-electron chi connectivity index (χ1n) is 9.17. The molecule has 1 N–H and O–H groups in total. The third-order valence-electron chi connectivity index (χ3n) is 3.62. The highest BCUT2D eigenvalue weighted by Crippen LogP contribution is 2.10. The zero-order valence-electron chi connectivity index (χ0n) is 17.7. The molecule has 6 heteroatoms. The second-order valence-electron chi connectivity index (χ2n) is 7.34. The van der Waals surface area contributed by atoms with Crippen LogP contribution in [0.15, 0.2) is 0 Å². The molecule has 0 aromatic heterocycles. The molecule has 0 spiro atoms. The van der Waals surface area contributed by atoms with Crippen LogP contribution in [-0.2, 0) is 14.4 Å². The summed E-state index contributed by atoms with van der Waals surface area (Å²) in [6.07, 6.45) is 2.39. The summed E-state index contributed by atoms with van der Waals surface area (Å²) in [6, 6.07) is 0. The van der Waals surface area contributed by atoms with E-state index in [1.807, 2.05) is 46.4 Å². The van der Waals surface area contributed by atoms with Gasteiger partial charge in [-0.3, -0.25) is 14.4 Å². The second-order valence-corrected chi connectivity index (χ2v) is 7.34. The number of likely N-dealkylation sites (tertiary alicyclic amines) is 1. The van der Waals surface area contributed by atoms with E-state index in [2.05, 4.69) is 5.32 Å². The smallest absolute Gasteiger partial charge is 0.225 e. The number of nitrogens with one attached hydrogen (secondary N) is 1. The Morgan fingerprint density at radius 3 is 1.44 bits per heavy atom. The van der Waals surface area contributed by atoms with E-state index in [-0.39, 0.29) is 29.6 Å². The summed E-state index contributed by atoms with van der Waals surface area (Å²) in [6.45, 7) is 13.4. The van der Waals surface area contributed by atoms with Crippen LogP contribution >= 0.6 is 0 Å². The summed E-state index contributed by atoms with van der Waals surface area (Å²) in [7, 11) is 5.17. The van der Waals surface area contributed by atoms with E-state index in [4.69, 9.17) is 0 Å². The molecule has 6 nitrogen and oxygen atoms in total. The molecule has 1 fully saturated rings. The minimum Gasteiger partial charge on any atom is -0.359 e. The molecule has 1 aliphatic rings. The summed E-state index contributed by atoms with van der Waals surface area (Å²) in [4.78, 5) is 36.0. The van der Waals surface area contributed by atoms with Gasteiger partial charge in [-0.05, 0) is 12.8 Å². The fourth-order valence-electron chi connectivity index (χ4n) is 2.11. The van der Waals surface area contributed by atoms with Crippen molar-refractivity contribution in [1.29, 1.82) is 0 Å². The molecular formula is C19H39N3O3. The summed E-state index contributed by atoms with van der Waals surface area (Å²) in [5, 5.41) is 2.53. The Morgan fingerprint density at radius 2 is 1.28 bits per heavy atom. The molecule has 0 aromatic rings. The maximum Gasteiger partial charge on any atom is 0.225 e. The second kappa shape index (κ2) is 13.7. The van der Waals surface area contributed by atoms with E-state index < -0.39 is 0 Å². The summed E-state index contributed by atoms with van der Waals surface area (Å²) in [5.74, 6) is 1.02. The van der Waals surface area contributed by atoms with Crippen molar-refractivity contribution in [2.75, 3.05) is 34.2 Å². The predicted octanol–water partition coefficient (Wildman–Crippen LogP) is 2.38. The number of nitrogens with zero attached hydrogens (tertiary/aromatic N) is 2. The van der Waals surface area contributed by atoms with Crippen LogP contribution < -0.4 is 5.32 Å². The maximum absolute atomic E-state index is 11.3. The van der Waals surface area contributed by atoms with Crippen molar-refractivity contribution in [2.24, 2.45) is 17.8 Å². The van der Waals surface area contributed by atoms with Gasteiger partial charge in [0.05, 0.1) is 0 Å². The van der Waals surface area contributed by atoms with Crippen LogP contribution in [-0.4, -0.2) is 61.8 Å². The van der Waals surface area contributed by atoms with Crippen LogP contribution in [0.25, 0.3) is 0 Å². The molecule has 0 aliphatic carbocycles. The molecule has 0 bridgehead atoms. The summed E-state index contributed by atoms with van der Waals surface area (Å²) >= 11 is 0. The average molecular weight is 358 g/mol. The standard InChI is InChI=1S/C8H15NO.C6H13NO.C5H11NO/c1-7(2)8(10)9-5-3-4-6-9;1-5(2)6(8)7(3)4;1-4(2)5(7)6-3/h7H,3-6H2,1-2H3;5H,1-4H3;4H,1-3H3,(H,6,7). The van der Waals surface area contributed by atoms with Crippen molar-refractivity contribution < 1.29 is 14.4 Å². The fourth-order valence-corrected chi connectivity index (χ4v) is 2.11. The average Bonchev–Trinajstić information content (AvgIpc) is 3.07. The fraction of sp³-hybridized carbons (Fsp3) is 0.842. The third-order valence-corrected chi connectivity index (χ3v) is 3.62. The van der Waals surface area contributed by atoms with Gasteiger partial charge in [0.15, 0.2) is 0 Å². The van der Waals surface area contributed by atoms with E-state index in [0.29, 0.717) is 5.91 Å². The Balaban J connectivity index is 0. The Morgan fingerprint density at radius 1 is 0.840 bits per heavy atom. The maximum atomic E-state index is 11.3. The molecule has 0 saturated carbocycles. The highest BCUT2D eigenvalue weighted by molar-refractivity contribution is 5.78. The molecule has 1 aliphatic heterocycles. The first kappa shape index (κ1) is 25.6. The van der Waals surface area contributed by atoms with Gasteiger partial charge in [0.25, 0.3) is 0 Å². The van der Waals surface area contributed by atoms with Gasteiger partial charge in [-0.25, -0.2) is 0 Å². The van der Waals surface area contributed by atoms with Crippen molar-refractivity contribution in [3.8, 4) is 0 Å². The van der Waals surface area contributed by atoms with Crippen LogP contribution in [0.4, 0.5) is 0 Å². The highest BCUT2D eigenvalue weighted by Gasteiger charge is 2.19. The molecule has 0 radical (unpaired) electrons. The van der Waals surface area contributed by atoms with Gasteiger partial charge in [-0.2, -0.15) is 0 Å². The highest BCUT2D eigenvalue weighted by atomic mass is 16.2. The lowest BCUT2D eigenvalue weighted by molar-refractivity contribution is -0.133. The van der Waals surface area contributed by atoms with Crippen molar-refractivity contribution in [1.82, 2.24) is 15.1 Å². The largest absolute Gasteiger partial charge is 0.359 e. The van der Waals surface area contributed by atoms with Crippen molar-refractivity contribution in [3.05, 3.63) is 0 Å². The van der Waals surface area contributed by atoms with Crippen LogP contribution in [0, 0.1) is 17.8 Å². The molecular weight excluding hydrogens is 318 g/mol. The van der Waals surface area contributed by atoms with Gasteiger partial charge in [0.1, 0.15) is 0 Å². The topological polar surface area (TPSA) is 69.7 Å². The van der Waals surface area contributed by atoms with E-state index in [0.717, 1.165) is 13.1 Å². The first-order valence-corrected chi connectivity index (χ1v) is 9.17. The number of hydrogen-bond acceptors (Lipinski definition) is 3. The molecule has 0 atom stereocenters. The quantitative estimate of drug-likeness (QED) is 0.843. The van der Waals surface area contributed by atoms with Gasteiger partial charge in [-0.1, -0.05) is 41.5 Å². The third kappa shape index (κ3) is 12.4. The molecule has 1 saturated heterocycles. The summed E-state index contributed by atoms with van der Waals surface area (Å²) < 4.78 is 0. The number of amides is 3. The van der Waals surface area contributed by atoms with Gasteiger partial charge in [-0.15, -0.1) is 0 Å². The minimum absolute atomic E-state index is 0.0972. The lowest BCUT2D eigenvalue weighted by Gasteiger charge is -2.17. The normalized spacial score (nSPS) is 13.0. The van der Waals surface area contributed by atoms with Gasteiger partial charge >= 0.3 is 0 Å². The molecule has 0 aromatic carbocycles. The Bertz CT molecular complexity index is 389. The number of rotatable bonds is 3. The molecule has 1 heterocycles. The van der Waals surface area contributed by atoms with Crippen molar-refractivity contribution in [2.45, 2.75) is 54.4 Å². The Kier molecular flexibility index (Phi) is 14.0. The van der Waals surface area contributed by atoms with Crippen LogP contribution in [0.3, 0.4) is 0 Å². The first-order chi connectivity index (χ1) is 11.4. The van der Waals surface area contributed by atoms with Gasteiger partial charge in [0, 0.05) is 52.0 Å². The van der Waals surface area contributed by atoms with Crippen LogP contribution in [0.1, 0.15) is 54.4 Å². The number of carbonyl (C=O) groups is 3. The Labute approximate surface area is 154 Å². The van der Waals surface area contributed by atoms with Crippen LogP contribution in [0.5, 0.6) is 0 Å². The summed E-state index contributed by atoms with van der Waals surface area (Å²) in [5.41, 5.74) is 0. The van der Waals surface area contributed by atoms with Gasteiger partial charge in [0.2, 0.25) is 17.7 Å². The predicted molar refractivity (Wildman–Crippen MR) is 103 cm³/mol. The SMILES string of the molecule is CC(C)C(=O)N(C)C.CC(C)C(=O)N1CCCC1.CNC(=O)C(C)C. The molecule has 1 rings (SSSR count). The molecule has 3 amide bonds. The number of hydrogen-bond donors (Lipinski definition) is 1. The zero-order valence-corrected chi connectivity index (χ0v) is 17.7. The monoisotopic (exact) mass is 357 g/mol. The number of carbonyl (C=O) groups excluding carboxylic acids is 3. The molecule has 148 valence electrons. The molecule has 25 heavy (non-hydrogen) atoms. The Hall–Kier alpha value is -1.59. The zero-order chi connectivity index (χ0) is 20.2. The van der Waals surface area contributed by atoms with Crippen molar-refractivity contribution >= 4 is 17.7 Å². The lowest BCUT2D eigenvalue weighted by atomic mass is 10.2. The van der Waals surface area contributed by atoms with E-state index in [1.54, 1.807) is 26.0 Å². The van der Waals surface area contributed by atoms with Crippen molar-refractivity contribution in [3.63, 3.8) is 0 Å². The van der Waals surface area contributed by atoms with E-state index in [1.165, 1.54) is 12.8 Å². The molecule has 0 unspecified atom stereocenters. The van der Waals surface area contributed by atoms with E-state index >= 15 is 0 Å². The van der Waals surface area contributed by atoms with Gasteiger partial charge < -0.3 is 15.1 Å². The lowest BCUT2D eigenvalue weighted by Crippen LogP contribution is -2.31. The van der Waals surface area contributed by atoms with E-state index in [9.17, 15) is 14.4 Å².